The highest BCUT2D eigenvalue weighted by atomic mass is 19.4. The number of nitrogens with zero attached hydrogens (tertiary/aromatic N) is 2. The molecule has 0 atom stereocenters. The van der Waals surface area contributed by atoms with Crippen LogP contribution in [-0.4, -0.2) is 28.9 Å². The minimum Gasteiger partial charge on any atom is -0.504 e. The summed E-state index contributed by atoms with van der Waals surface area (Å²) in [5.41, 5.74) is 2.63. The number of nitrogens with one attached hydrogen (secondary N) is 2. The molecule has 2 N–H and O–H groups in total. The molecule has 0 aliphatic heterocycles. The number of carbonyl (C=O) groups excluding carboxylic acids is 1. The summed E-state index contributed by atoms with van der Waals surface area (Å²) in [5, 5.41) is 6.06. The quantitative estimate of drug-likeness (QED) is 0.325. The number of carbonyl (C=O) groups is 1. The summed E-state index contributed by atoms with van der Waals surface area (Å²) in [6.45, 7) is 3.96. The van der Waals surface area contributed by atoms with Gasteiger partial charge in [-0.15, -0.1) is 0 Å². The summed E-state index contributed by atoms with van der Waals surface area (Å²) in [5.74, 6) is 0. The molecular weight excluding hydrogens is 445 g/mol. The van der Waals surface area contributed by atoms with Crippen molar-refractivity contribution in [2.24, 2.45) is 0 Å². The summed E-state index contributed by atoms with van der Waals surface area (Å²) < 4.78 is 46.4. The molecule has 0 fully saturated rings. The van der Waals surface area contributed by atoms with Crippen molar-refractivity contribution in [3.8, 4) is 0 Å². The highest BCUT2D eigenvalue weighted by Crippen LogP contribution is 2.30. The van der Waals surface area contributed by atoms with Crippen molar-refractivity contribution in [2.75, 3.05) is 12.4 Å². The van der Waals surface area contributed by atoms with Gasteiger partial charge in [0.05, 0.1) is 30.1 Å². The van der Waals surface area contributed by atoms with E-state index in [0.29, 0.717) is 12.2 Å². The highest BCUT2D eigenvalue weighted by Gasteiger charge is 2.31. The number of alkyl halides is 3. The van der Waals surface area contributed by atoms with Crippen LogP contribution in [0.4, 0.5) is 23.7 Å². The predicted molar refractivity (Wildman–Crippen MR) is 126 cm³/mol. The number of halogens is 3. The Balaban J connectivity index is 1.80. The van der Waals surface area contributed by atoms with Gasteiger partial charge in [-0.1, -0.05) is 6.07 Å². The lowest BCUT2D eigenvalue weighted by Gasteiger charge is -2.12. The zero-order valence-electron chi connectivity index (χ0n) is 19.0. The van der Waals surface area contributed by atoms with Gasteiger partial charge in [0.2, 0.25) is 0 Å². The second-order valence-corrected chi connectivity index (χ2v) is 7.59. The van der Waals surface area contributed by atoms with Gasteiger partial charge >= 0.3 is 12.2 Å². The van der Waals surface area contributed by atoms with E-state index in [1.807, 2.05) is 37.4 Å². The molecule has 3 rings (SSSR count). The van der Waals surface area contributed by atoms with Gasteiger partial charge in [-0.2, -0.15) is 13.2 Å². The first-order valence-electron chi connectivity index (χ1n) is 10.4. The van der Waals surface area contributed by atoms with Crippen LogP contribution < -0.4 is 10.6 Å². The number of rotatable bonds is 7. The van der Waals surface area contributed by atoms with E-state index in [1.165, 1.54) is 14.0 Å². The maximum Gasteiger partial charge on any atom is 0.416 e. The summed E-state index contributed by atoms with van der Waals surface area (Å²) in [4.78, 5) is 16.6. The summed E-state index contributed by atoms with van der Waals surface area (Å²) in [7, 11) is 1.33. The fourth-order valence-electron chi connectivity index (χ4n) is 3.53. The number of pyridine rings is 1. The lowest BCUT2D eigenvalue weighted by atomic mass is 10.1. The van der Waals surface area contributed by atoms with Gasteiger partial charge < -0.3 is 19.9 Å². The zero-order chi connectivity index (χ0) is 24.7. The van der Waals surface area contributed by atoms with E-state index >= 15 is 0 Å². The third-order valence-electron chi connectivity index (χ3n) is 4.95. The number of urea groups is 1. The smallest absolute Gasteiger partial charge is 0.416 e. The van der Waals surface area contributed by atoms with E-state index in [0.717, 1.165) is 46.5 Å². The molecule has 0 spiro atoms. The van der Waals surface area contributed by atoms with Crippen molar-refractivity contribution in [3.63, 3.8) is 0 Å². The van der Waals surface area contributed by atoms with Gasteiger partial charge in [-0.05, 0) is 67.5 Å². The molecule has 0 radical (unpaired) electrons. The van der Waals surface area contributed by atoms with Crippen LogP contribution in [0, 0.1) is 6.92 Å². The number of amides is 2. The van der Waals surface area contributed by atoms with E-state index in [4.69, 9.17) is 0 Å². The van der Waals surface area contributed by atoms with Crippen LogP contribution in [-0.2, 0) is 11.3 Å². The summed E-state index contributed by atoms with van der Waals surface area (Å²) >= 11 is 0. The maximum absolute atomic E-state index is 13.2. The second kappa shape index (κ2) is 10.7. The predicted octanol–water partition coefficient (Wildman–Crippen LogP) is 6.07. The fourth-order valence-corrected chi connectivity index (χ4v) is 3.53. The number of methoxy groups -OCH3 is 1. The third-order valence-corrected chi connectivity index (χ3v) is 4.95. The minimum absolute atomic E-state index is 0.0334. The Morgan fingerprint density at radius 3 is 2.62 bits per heavy atom. The average Bonchev–Trinajstić information content (AvgIpc) is 3.09. The molecule has 0 bridgehead atoms. The molecule has 2 heterocycles. The first-order valence-corrected chi connectivity index (χ1v) is 10.4. The fraction of sp³-hybridized carbons (Fsp3) is 0.200. The van der Waals surface area contributed by atoms with Crippen LogP contribution >= 0.6 is 0 Å². The number of aryl methyl sites for hydroxylation is 1. The van der Waals surface area contributed by atoms with Crippen molar-refractivity contribution >= 4 is 22.6 Å². The first-order chi connectivity index (χ1) is 16.2. The van der Waals surface area contributed by atoms with Crippen LogP contribution in [0.25, 0.3) is 10.9 Å². The molecule has 2 amide bonds. The molecule has 0 saturated heterocycles. The monoisotopic (exact) mass is 470 g/mol. The Morgan fingerprint density at radius 2 is 1.94 bits per heavy atom. The SMILES string of the molecule is CO/C=C/C=C(\C=C(/C)NC(=O)Nc1cccc2c1c(C)cn2Cc1ccncc1)C(F)(F)F. The van der Waals surface area contributed by atoms with Crippen molar-refractivity contribution in [1.82, 2.24) is 14.9 Å². The number of benzene rings is 1. The number of hydrogen-bond acceptors (Lipinski definition) is 3. The number of hydrogen-bond donors (Lipinski definition) is 2. The minimum atomic E-state index is -4.59. The van der Waals surface area contributed by atoms with E-state index in [-0.39, 0.29) is 5.70 Å². The van der Waals surface area contributed by atoms with Gasteiger partial charge in [0, 0.05) is 36.2 Å². The molecule has 3 aromatic rings. The summed E-state index contributed by atoms with van der Waals surface area (Å²) in [6, 6.07) is 8.74. The molecule has 2 aromatic heterocycles. The molecule has 9 heteroatoms. The standard InChI is InChI=1S/C25H25F3N4O2/c1-17-15-32(16-19-9-11-29-12-10-19)22-8-4-7-21(23(17)22)31-24(33)30-18(2)14-20(25(26,27)28)6-5-13-34-3/h4-15H,16H2,1-3H3,(H2,30,31,33)/b13-5+,18-14+,20-6+. The molecule has 0 unspecified atom stereocenters. The Morgan fingerprint density at radius 1 is 1.21 bits per heavy atom. The van der Waals surface area contributed by atoms with Gasteiger partial charge in [0.1, 0.15) is 0 Å². The number of allylic oxidation sites excluding steroid dienone is 5. The molecule has 0 aliphatic rings. The third kappa shape index (κ3) is 6.28. The van der Waals surface area contributed by atoms with E-state index in [9.17, 15) is 18.0 Å². The number of anilines is 1. The largest absolute Gasteiger partial charge is 0.504 e. The number of ether oxygens (including phenoxy) is 1. The molecule has 6 nitrogen and oxygen atoms in total. The number of aromatic nitrogens is 2. The normalized spacial score (nSPS) is 12.9. The second-order valence-electron chi connectivity index (χ2n) is 7.59. The van der Waals surface area contributed by atoms with Gasteiger partial charge in [0.25, 0.3) is 0 Å². The number of fused-ring (bicyclic) bond motifs is 1. The Labute approximate surface area is 195 Å². The van der Waals surface area contributed by atoms with E-state index < -0.39 is 17.8 Å². The van der Waals surface area contributed by atoms with Crippen LogP contribution in [0.15, 0.2) is 84.7 Å². The molecule has 178 valence electrons. The van der Waals surface area contributed by atoms with Crippen LogP contribution in [0.3, 0.4) is 0 Å². The maximum atomic E-state index is 13.2. The van der Waals surface area contributed by atoms with Crippen molar-refractivity contribution in [1.29, 1.82) is 0 Å². The molecule has 0 aliphatic carbocycles. The van der Waals surface area contributed by atoms with Crippen LogP contribution in [0.1, 0.15) is 18.1 Å². The first kappa shape index (κ1) is 24.6. The Kier molecular flexibility index (Phi) is 7.78. The molecule has 1 aromatic carbocycles. The van der Waals surface area contributed by atoms with Gasteiger partial charge in [-0.25, -0.2) is 4.79 Å². The van der Waals surface area contributed by atoms with Gasteiger partial charge in [-0.3, -0.25) is 4.98 Å². The van der Waals surface area contributed by atoms with Crippen molar-refractivity contribution < 1.29 is 22.7 Å². The summed E-state index contributed by atoms with van der Waals surface area (Å²) in [6.07, 6.45) is 4.85. The van der Waals surface area contributed by atoms with Crippen molar-refractivity contribution in [3.05, 3.63) is 95.8 Å². The molecular formula is C25H25F3N4O2. The van der Waals surface area contributed by atoms with Crippen molar-refractivity contribution in [2.45, 2.75) is 26.6 Å². The molecule has 34 heavy (non-hydrogen) atoms. The topological polar surface area (TPSA) is 68.2 Å². The van der Waals surface area contributed by atoms with Crippen LogP contribution in [0.2, 0.25) is 0 Å². The lowest BCUT2D eigenvalue weighted by molar-refractivity contribution is -0.0882. The Hall–Kier alpha value is -4.01. The van der Waals surface area contributed by atoms with E-state index in [2.05, 4.69) is 24.9 Å². The van der Waals surface area contributed by atoms with Gasteiger partial charge in [0.15, 0.2) is 0 Å². The molecule has 0 saturated carbocycles. The average molecular weight is 470 g/mol. The van der Waals surface area contributed by atoms with Crippen LogP contribution in [0.5, 0.6) is 0 Å². The van der Waals surface area contributed by atoms with E-state index in [1.54, 1.807) is 18.5 Å². The lowest BCUT2D eigenvalue weighted by Crippen LogP contribution is -2.27. The highest BCUT2D eigenvalue weighted by molar-refractivity contribution is 6.02. The Bertz CT molecular complexity index is 1240. The zero-order valence-corrected chi connectivity index (χ0v) is 19.0.